The molecule has 0 spiro atoms. The smallest absolute Gasteiger partial charge is 0.216 e. The minimum atomic E-state index is 0.818. The first-order chi connectivity index (χ1) is 9.51. The lowest BCUT2D eigenvalue weighted by Gasteiger charge is -2.17. The van der Waals surface area contributed by atoms with E-state index < -0.39 is 0 Å². The molecule has 0 amide bonds. The number of hydrogen-bond donors (Lipinski definition) is 0. The SMILES string of the molecule is COc1c(CN(C)Cc2ccc(Br)cc2)c(C)nn1C. The van der Waals surface area contributed by atoms with Gasteiger partial charge in [0.15, 0.2) is 0 Å². The van der Waals surface area contributed by atoms with Crippen molar-refractivity contribution in [3.8, 4) is 5.88 Å². The van der Waals surface area contributed by atoms with Crippen LogP contribution in [-0.2, 0) is 20.1 Å². The van der Waals surface area contributed by atoms with E-state index in [0.717, 1.165) is 34.7 Å². The topological polar surface area (TPSA) is 30.3 Å². The minimum Gasteiger partial charge on any atom is -0.481 e. The summed E-state index contributed by atoms with van der Waals surface area (Å²) >= 11 is 3.46. The van der Waals surface area contributed by atoms with Crippen LogP contribution in [-0.4, -0.2) is 28.8 Å². The van der Waals surface area contributed by atoms with Crippen molar-refractivity contribution in [1.29, 1.82) is 0 Å². The van der Waals surface area contributed by atoms with E-state index >= 15 is 0 Å². The molecular weight excluding hydrogens is 318 g/mol. The van der Waals surface area contributed by atoms with Crippen LogP contribution in [0.4, 0.5) is 0 Å². The third-order valence-corrected chi connectivity index (χ3v) is 3.80. The average molecular weight is 338 g/mol. The van der Waals surface area contributed by atoms with Crippen molar-refractivity contribution in [1.82, 2.24) is 14.7 Å². The molecule has 0 aliphatic rings. The quantitative estimate of drug-likeness (QED) is 0.839. The predicted molar refractivity (Wildman–Crippen MR) is 83.8 cm³/mol. The van der Waals surface area contributed by atoms with Gasteiger partial charge >= 0.3 is 0 Å². The second-order valence-electron chi connectivity index (χ2n) is 5.00. The van der Waals surface area contributed by atoms with E-state index in [1.807, 2.05) is 14.0 Å². The molecule has 5 heteroatoms. The third-order valence-electron chi connectivity index (χ3n) is 3.28. The Morgan fingerprint density at radius 2 is 1.90 bits per heavy atom. The molecule has 0 atom stereocenters. The van der Waals surface area contributed by atoms with Crippen LogP contribution in [0, 0.1) is 6.92 Å². The fourth-order valence-electron chi connectivity index (χ4n) is 2.35. The van der Waals surface area contributed by atoms with Crippen LogP contribution in [0.25, 0.3) is 0 Å². The van der Waals surface area contributed by atoms with Crippen molar-refractivity contribution in [2.24, 2.45) is 7.05 Å². The fraction of sp³-hybridized carbons (Fsp3) is 0.400. The Bertz CT molecular complexity index is 578. The molecular formula is C15H20BrN3O. The van der Waals surface area contributed by atoms with Crippen molar-refractivity contribution in [2.45, 2.75) is 20.0 Å². The van der Waals surface area contributed by atoms with Crippen LogP contribution in [0.3, 0.4) is 0 Å². The predicted octanol–water partition coefficient (Wildman–Crippen LogP) is 3.13. The number of hydrogen-bond acceptors (Lipinski definition) is 3. The second kappa shape index (κ2) is 6.41. The molecule has 0 bridgehead atoms. The van der Waals surface area contributed by atoms with Crippen molar-refractivity contribution < 1.29 is 4.74 Å². The zero-order valence-corrected chi connectivity index (χ0v) is 13.9. The van der Waals surface area contributed by atoms with Crippen molar-refractivity contribution in [3.63, 3.8) is 0 Å². The van der Waals surface area contributed by atoms with E-state index in [4.69, 9.17) is 4.74 Å². The molecule has 20 heavy (non-hydrogen) atoms. The Balaban J connectivity index is 2.08. The molecule has 0 unspecified atom stereocenters. The highest BCUT2D eigenvalue weighted by molar-refractivity contribution is 9.10. The fourth-order valence-corrected chi connectivity index (χ4v) is 2.61. The molecule has 1 aromatic carbocycles. The van der Waals surface area contributed by atoms with Gasteiger partial charge in [0, 0.05) is 24.6 Å². The maximum absolute atomic E-state index is 5.43. The Labute approximate surface area is 128 Å². The van der Waals surface area contributed by atoms with Gasteiger partial charge in [-0.25, -0.2) is 4.68 Å². The molecule has 1 aromatic heterocycles. The number of methoxy groups -OCH3 is 1. The Hall–Kier alpha value is -1.33. The van der Waals surface area contributed by atoms with Crippen molar-refractivity contribution in [3.05, 3.63) is 45.6 Å². The first-order valence-corrected chi connectivity index (χ1v) is 7.30. The van der Waals surface area contributed by atoms with E-state index in [9.17, 15) is 0 Å². The normalized spacial score (nSPS) is 11.1. The molecule has 108 valence electrons. The molecule has 4 nitrogen and oxygen atoms in total. The van der Waals surface area contributed by atoms with Gasteiger partial charge in [0.05, 0.1) is 18.4 Å². The molecule has 2 rings (SSSR count). The van der Waals surface area contributed by atoms with Gasteiger partial charge in [-0.1, -0.05) is 28.1 Å². The van der Waals surface area contributed by atoms with E-state index in [2.05, 4.69) is 57.2 Å². The molecule has 2 aromatic rings. The Morgan fingerprint density at radius 1 is 1.25 bits per heavy atom. The largest absolute Gasteiger partial charge is 0.481 e. The highest BCUT2D eigenvalue weighted by Crippen LogP contribution is 2.23. The zero-order chi connectivity index (χ0) is 14.7. The lowest BCUT2D eigenvalue weighted by Crippen LogP contribution is -2.18. The number of aromatic nitrogens is 2. The van der Waals surface area contributed by atoms with Crippen LogP contribution < -0.4 is 4.74 Å². The Morgan fingerprint density at radius 3 is 2.50 bits per heavy atom. The van der Waals surface area contributed by atoms with E-state index in [1.165, 1.54) is 5.56 Å². The van der Waals surface area contributed by atoms with Crippen LogP contribution in [0.1, 0.15) is 16.8 Å². The maximum Gasteiger partial charge on any atom is 0.216 e. The van der Waals surface area contributed by atoms with Gasteiger partial charge in [-0.15, -0.1) is 0 Å². The van der Waals surface area contributed by atoms with Crippen LogP contribution in [0.5, 0.6) is 5.88 Å². The van der Waals surface area contributed by atoms with Crippen molar-refractivity contribution >= 4 is 15.9 Å². The summed E-state index contributed by atoms with van der Waals surface area (Å²) in [5.74, 6) is 0.838. The number of aryl methyl sites for hydroxylation is 2. The second-order valence-corrected chi connectivity index (χ2v) is 5.91. The van der Waals surface area contributed by atoms with Crippen molar-refractivity contribution in [2.75, 3.05) is 14.2 Å². The molecule has 0 N–H and O–H groups in total. The first kappa shape index (κ1) is 15.1. The molecule has 0 saturated carbocycles. The minimum absolute atomic E-state index is 0.818. The van der Waals surface area contributed by atoms with Gasteiger partial charge in [0.1, 0.15) is 0 Å². The summed E-state index contributed by atoms with van der Waals surface area (Å²) in [6, 6.07) is 8.40. The molecule has 1 heterocycles. The average Bonchev–Trinajstić information content (AvgIpc) is 2.66. The van der Waals surface area contributed by atoms with Gasteiger partial charge in [-0.2, -0.15) is 5.10 Å². The molecule has 0 fully saturated rings. The molecule has 0 radical (unpaired) electrons. The van der Waals surface area contributed by atoms with Crippen LogP contribution >= 0.6 is 15.9 Å². The first-order valence-electron chi connectivity index (χ1n) is 6.50. The van der Waals surface area contributed by atoms with E-state index in [1.54, 1.807) is 11.8 Å². The summed E-state index contributed by atoms with van der Waals surface area (Å²) in [7, 11) is 5.70. The third kappa shape index (κ3) is 3.41. The zero-order valence-electron chi connectivity index (χ0n) is 12.4. The van der Waals surface area contributed by atoms with Gasteiger partial charge in [-0.05, 0) is 31.7 Å². The van der Waals surface area contributed by atoms with Gasteiger partial charge in [0.2, 0.25) is 5.88 Å². The summed E-state index contributed by atoms with van der Waals surface area (Å²) < 4.78 is 8.33. The van der Waals surface area contributed by atoms with Gasteiger partial charge in [0.25, 0.3) is 0 Å². The van der Waals surface area contributed by atoms with Crippen LogP contribution in [0.15, 0.2) is 28.7 Å². The molecule has 0 aliphatic carbocycles. The summed E-state index contributed by atoms with van der Waals surface area (Å²) in [4.78, 5) is 2.26. The van der Waals surface area contributed by atoms with Crippen LogP contribution in [0.2, 0.25) is 0 Å². The highest BCUT2D eigenvalue weighted by Gasteiger charge is 2.15. The summed E-state index contributed by atoms with van der Waals surface area (Å²) in [6.07, 6.45) is 0. The number of nitrogens with zero attached hydrogens (tertiary/aromatic N) is 3. The standard InChI is InChI=1S/C15H20BrN3O/c1-11-14(15(20-4)19(3)17-11)10-18(2)9-12-5-7-13(16)8-6-12/h5-8H,9-10H2,1-4H3. The summed E-state index contributed by atoms with van der Waals surface area (Å²) in [5, 5.41) is 4.41. The maximum atomic E-state index is 5.43. The lowest BCUT2D eigenvalue weighted by molar-refractivity contribution is 0.305. The number of halogens is 1. The Kier molecular flexibility index (Phi) is 4.83. The van der Waals surface area contributed by atoms with E-state index in [-0.39, 0.29) is 0 Å². The van der Waals surface area contributed by atoms with Gasteiger partial charge < -0.3 is 4.74 Å². The molecule has 0 aliphatic heterocycles. The van der Waals surface area contributed by atoms with Gasteiger partial charge in [-0.3, -0.25) is 4.90 Å². The summed E-state index contributed by atoms with van der Waals surface area (Å²) in [6.45, 7) is 3.73. The van der Waals surface area contributed by atoms with E-state index in [0.29, 0.717) is 0 Å². The number of rotatable bonds is 5. The number of benzene rings is 1. The monoisotopic (exact) mass is 337 g/mol. The summed E-state index contributed by atoms with van der Waals surface area (Å²) in [5.41, 5.74) is 3.46. The lowest BCUT2D eigenvalue weighted by atomic mass is 10.2. The number of ether oxygens (including phenoxy) is 1. The highest BCUT2D eigenvalue weighted by atomic mass is 79.9. The molecule has 0 saturated heterocycles.